The Bertz CT molecular complexity index is 490. The van der Waals surface area contributed by atoms with Crippen molar-refractivity contribution in [3.8, 4) is 0 Å². The van der Waals surface area contributed by atoms with Gasteiger partial charge >= 0.3 is 0 Å². The molecular weight excluding hydrogens is 242 g/mol. The van der Waals surface area contributed by atoms with Crippen LogP contribution in [0.3, 0.4) is 0 Å². The van der Waals surface area contributed by atoms with E-state index in [1.54, 1.807) is 20.8 Å². The van der Waals surface area contributed by atoms with Gasteiger partial charge in [-0.2, -0.15) is 0 Å². The van der Waals surface area contributed by atoms with Crippen molar-refractivity contribution in [2.45, 2.75) is 51.7 Å². The van der Waals surface area contributed by atoms with Crippen LogP contribution < -0.4 is 4.72 Å². The number of hydrogen-bond acceptors (Lipinski definition) is 4. The third-order valence-corrected chi connectivity index (χ3v) is 4.50. The van der Waals surface area contributed by atoms with E-state index in [2.05, 4.69) is 4.72 Å². The molecule has 0 fully saturated rings. The summed E-state index contributed by atoms with van der Waals surface area (Å²) in [5, 5.41) is 9.22. The molecule has 1 aromatic heterocycles. The highest BCUT2D eigenvalue weighted by Crippen LogP contribution is 2.26. The third-order valence-electron chi connectivity index (χ3n) is 2.72. The number of aryl methyl sites for hydroxylation is 2. The number of hydrogen-bond donors (Lipinski definition) is 2. The van der Waals surface area contributed by atoms with Crippen LogP contribution in [0.1, 0.15) is 37.4 Å². The van der Waals surface area contributed by atoms with Gasteiger partial charge in [0.25, 0.3) is 0 Å². The summed E-state index contributed by atoms with van der Waals surface area (Å²) in [6, 6.07) is -0.152. The molecule has 0 spiro atoms. The van der Waals surface area contributed by atoms with E-state index in [0.717, 1.165) is 0 Å². The van der Waals surface area contributed by atoms with Gasteiger partial charge in [0.15, 0.2) is 0 Å². The predicted octanol–water partition coefficient (Wildman–Crippen LogP) is 1.47. The summed E-state index contributed by atoms with van der Waals surface area (Å²) in [6.07, 6.45) is 0.698. The van der Waals surface area contributed by atoms with E-state index in [1.807, 2.05) is 6.92 Å². The number of aliphatic hydroxyl groups is 1. The van der Waals surface area contributed by atoms with E-state index in [0.29, 0.717) is 23.5 Å². The first-order valence-corrected chi connectivity index (χ1v) is 7.03. The minimum atomic E-state index is -3.63. The number of sulfonamides is 1. The lowest BCUT2D eigenvalue weighted by atomic mass is 10.2. The van der Waals surface area contributed by atoms with Crippen molar-refractivity contribution in [3.63, 3.8) is 0 Å². The van der Waals surface area contributed by atoms with Crippen LogP contribution in [0.15, 0.2) is 9.31 Å². The summed E-state index contributed by atoms with van der Waals surface area (Å²) < 4.78 is 32.1. The van der Waals surface area contributed by atoms with Crippen LogP contribution in [0.5, 0.6) is 0 Å². The summed E-state index contributed by atoms with van der Waals surface area (Å²) in [5.74, 6) is 0.747. The second-order valence-electron chi connectivity index (χ2n) is 4.11. The fourth-order valence-corrected chi connectivity index (χ4v) is 3.42. The van der Waals surface area contributed by atoms with E-state index in [9.17, 15) is 13.5 Å². The molecule has 6 heteroatoms. The van der Waals surface area contributed by atoms with Crippen LogP contribution in [-0.2, 0) is 16.6 Å². The van der Waals surface area contributed by atoms with Crippen LogP contribution in [0.25, 0.3) is 0 Å². The van der Waals surface area contributed by atoms with Crippen LogP contribution in [0, 0.1) is 13.8 Å². The highest BCUT2D eigenvalue weighted by molar-refractivity contribution is 7.89. The van der Waals surface area contributed by atoms with Crippen LogP contribution in [-0.4, -0.2) is 19.6 Å². The molecule has 0 bridgehead atoms. The molecule has 0 amide bonds. The van der Waals surface area contributed by atoms with Gasteiger partial charge in [-0.1, -0.05) is 6.92 Å². The fraction of sp³-hybridized carbons (Fsp3) is 0.636. The lowest BCUT2D eigenvalue weighted by molar-refractivity contribution is 0.276. The molecule has 1 heterocycles. The van der Waals surface area contributed by atoms with Gasteiger partial charge in [-0.15, -0.1) is 0 Å². The monoisotopic (exact) mass is 261 g/mol. The molecule has 1 atom stereocenters. The number of rotatable bonds is 5. The molecule has 0 aliphatic rings. The average Bonchev–Trinajstić information content (AvgIpc) is 2.52. The Morgan fingerprint density at radius 1 is 1.35 bits per heavy atom. The smallest absolute Gasteiger partial charge is 0.244 e. The zero-order chi connectivity index (χ0) is 13.2. The SMILES string of the molecule is CCC(C)NS(=O)(=O)c1c(C)oc(C)c1CO. The predicted molar refractivity (Wildman–Crippen MR) is 64.2 cm³/mol. The summed E-state index contributed by atoms with van der Waals surface area (Å²) >= 11 is 0. The zero-order valence-electron chi connectivity index (χ0n) is 10.6. The van der Waals surface area contributed by atoms with Gasteiger partial charge in [0, 0.05) is 11.6 Å². The van der Waals surface area contributed by atoms with Crippen molar-refractivity contribution in [1.29, 1.82) is 0 Å². The first-order chi connectivity index (χ1) is 7.83. The van der Waals surface area contributed by atoms with Gasteiger partial charge in [-0.25, -0.2) is 13.1 Å². The molecule has 5 nitrogen and oxygen atoms in total. The summed E-state index contributed by atoms with van der Waals surface area (Å²) in [7, 11) is -3.63. The molecule has 0 aromatic carbocycles. The highest BCUT2D eigenvalue weighted by Gasteiger charge is 2.27. The molecule has 0 aliphatic heterocycles. The maximum absolute atomic E-state index is 12.1. The highest BCUT2D eigenvalue weighted by atomic mass is 32.2. The van der Waals surface area contributed by atoms with Gasteiger partial charge < -0.3 is 9.52 Å². The van der Waals surface area contributed by atoms with E-state index in [-0.39, 0.29) is 17.5 Å². The Hall–Kier alpha value is -0.850. The number of furan rings is 1. The molecule has 0 radical (unpaired) electrons. The third kappa shape index (κ3) is 2.88. The lowest BCUT2D eigenvalue weighted by Crippen LogP contribution is -2.32. The molecule has 1 aromatic rings. The van der Waals surface area contributed by atoms with Crippen molar-refractivity contribution in [2.24, 2.45) is 0 Å². The minimum Gasteiger partial charge on any atom is -0.465 e. The molecule has 17 heavy (non-hydrogen) atoms. The van der Waals surface area contributed by atoms with Crippen molar-refractivity contribution in [3.05, 3.63) is 17.1 Å². The van der Waals surface area contributed by atoms with Crippen LogP contribution in [0.4, 0.5) is 0 Å². The fourth-order valence-electron chi connectivity index (χ4n) is 1.65. The second kappa shape index (κ2) is 5.20. The summed E-state index contributed by atoms with van der Waals surface area (Å²) in [4.78, 5) is 0.0674. The molecule has 0 saturated heterocycles. The van der Waals surface area contributed by atoms with Crippen molar-refractivity contribution in [1.82, 2.24) is 4.72 Å². The molecule has 1 unspecified atom stereocenters. The van der Waals surface area contributed by atoms with Crippen LogP contribution >= 0.6 is 0 Å². The minimum absolute atomic E-state index is 0.0674. The molecule has 0 saturated carbocycles. The largest absolute Gasteiger partial charge is 0.465 e. The summed E-state index contributed by atoms with van der Waals surface area (Å²) in [5.41, 5.74) is 0.332. The van der Waals surface area contributed by atoms with Crippen LogP contribution in [0.2, 0.25) is 0 Å². The molecule has 2 N–H and O–H groups in total. The van der Waals surface area contributed by atoms with Gasteiger partial charge in [0.2, 0.25) is 10.0 Å². The van der Waals surface area contributed by atoms with Crippen molar-refractivity contribution >= 4 is 10.0 Å². The van der Waals surface area contributed by atoms with E-state index in [1.165, 1.54) is 0 Å². The topological polar surface area (TPSA) is 79.5 Å². The van der Waals surface area contributed by atoms with E-state index >= 15 is 0 Å². The van der Waals surface area contributed by atoms with Crippen molar-refractivity contribution in [2.75, 3.05) is 0 Å². The molecule has 1 rings (SSSR count). The standard InChI is InChI=1S/C11H19NO4S/c1-5-7(2)12-17(14,15)11-9(4)16-8(3)10(11)6-13/h7,12-13H,5-6H2,1-4H3. The van der Waals surface area contributed by atoms with Gasteiger partial charge in [0.05, 0.1) is 6.61 Å². The van der Waals surface area contributed by atoms with Gasteiger partial charge in [-0.3, -0.25) is 0 Å². The Balaban J connectivity index is 3.23. The van der Waals surface area contributed by atoms with E-state index < -0.39 is 10.0 Å². The van der Waals surface area contributed by atoms with Gasteiger partial charge in [0.1, 0.15) is 16.4 Å². The first-order valence-electron chi connectivity index (χ1n) is 5.55. The Kier molecular flexibility index (Phi) is 4.35. The Morgan fingerprint density at radius 2 is 1.94 bits per heavy atom. The molecule has 98 valence electrons. The summed E-state index contributed by atoms with van der Waals surface area (Å²) in [6.45, 7) is 6.56. The van der Waals surface area contributed by atoms with Gasteiger partial charge in [-0.05, 0) is 27.2 Å². The first kappa shape index (κ1) is 14.2. The quantitative estimate of drug-likeness (QED) is 0.841. The normalized spacial score (nSPS) is 13.9. The maximum Gasteiger partial charge on any atom is 0.244 e. The van der Waals surface area contributed by atoms with Crippen molar-refractivity contribution < 1.29 is 17.9 Å². The molecular formula is C11H19NO4S. The molecule has 0 aliphatic carbocycles. The zero-order valence-corrected chi connectivity index (χ0v) is 11.4. The average molecular weight is 261 g/mol. The lowest BCUT2D eigenvalue weighted by Gasteiger charge is -2.12. The Labute approximate surface area is 102 Å². The Morgan fingerprint density at radius 3 is 2.41 bits per heavy atom. The second-order valence-corrected chi connectivity index (χ2v) is 5.76. The maximum atomic E-state index is 12.1. The van der Waals surface area contributed by atoms with E-state index in [4.69, 9.17) is 4.42 Å². The number of nitrogens with one attached hydrogen (secondary N) is 1. The number of aliphatic hydroxyl groups excluding tert-OH is 1.